The maximum Gasteiger partial charge on any atom is 0.152 e. The Labute approximate surface area is 90.2 Å². The molecule has 1 saturated heterocycles. The van der Waals surface area contributed by atoms with Crippen LogP contribution in [0.25, 0.3) is 0 Å². The van der Waals surface area contributed by atoms with Gasteiger partial charge in [-0.3, -0.25) is 4.68 Å². The van der Waals surface area contributed by atoms with Crippen molar-refractivity contribution in [2.75, 3.05) is 11.5 Å². The third-order valence-electron chi connectivity index (χ3n) is 3.24. The number of nitrogens with zero attached hydrogens (tertiary/aromatic N) is 2. The predicted molar refractivity (Wildman–Crippen MR) is 58.7 cm³/mol. The summed E-state index contributed by atoms with van der Waals surface area (Å²) in [5.41, 5.74) is 3.26. The Balaban J connectivity index is 2.36. The monoisotopic (exact) mass is 228 g/mol. The van der Waals surface area contributed by atoms with Gasteiger partial charge in [0.15, 0.2) is 9.84 Å². The van der Waals surface area contributed by atoms with Gasteiger partial charge in [0, 0.05) is 5.69 Å². The van der Waals surface area contributed by atoms with Gasteiger partial charge in [-0.1, -0.05) is 0 Å². The van der Waals surface area contributed by atoms with Crippen molar-refractivity contribution < 1.29 is 8.42 Å². The van der Waals surface area contributed by atoms with Crippen LogP contribution in [-0.4, -0.2) is 29.7 Å². The molecule has 1 aliphatic rings. The van der Waals surface area contributed by atoms with Gasteiger partial charge in [0.05, 0.1) is 23.2 Å². The first-order valence-electron chi connectivity index (χ1n) is 5.13. The number of rotatable bonds is 1. The molecule has 0 saturated carbocycles. The smallest absolute Gasteiger partial charge is 0.152 e. The highest BCUT2D eigenvalue weighted by Gasteiger charge is 2.30. The molecule has 0 aromatic carbocycles. The highest BCUT2D eigenvalue weighted by molar-refractivity contribution is 7.91. The third kappa shape index (κ3) is 1.80. The van der Waals surface area contributed by atoms with Crippen LogP contribution in [0.15, 0.2) is 0 Å². The molecule has 5 heteroatoms. The molecule has 0 amide bonds. The zero-order chi connectivity index (χ0) is 11.2. The first kappa shape index (κ1) is 10.7. The van der Waals surface area contributed by atoms with Crippen molar-refractivity contribution in [3.05, 3.63) is 17.0 Å². The fourth-order valence-electron chi connectivity index (χ4n) is 2.07. The lowest BCUT2D eigenvalue weighted by Gasteiger charge is -2.10. The van der Waals surface area contributed by atoms with E-state index in [0.717, 1.165) is 11.4 Å². The maximum absolute atomic E-state index is 11.4. The summed E-state index contributed by atoms with van der Waals surface area (Å²) < 4.78 is 24.6. The van der Waals surface area contributed by atoms with E-state index in [1.807, 2.05) is 25.5 Å². The van der Waals surface area contributed by atoms with Gasteiger partial charge in [0.2, 0.25) is 0 Å². The molecule has 84 valence electrons. The lowest BCUT2D eigenvalue weighted by Crippen LogP contribution is -2.13. The standard InChI is InChI=1S/C10H16N2O2S/c1-7-8(2)11-12(9(7)3)10-4-5-15(13,14)6-10/h10H,4-6H2,1-3H3/t10-/m0/s1. The van der Waals surface area contributed by atoms with Gasteiger partial charge in [-0.25, -0.2) is 8.42 Å². The maximum atomic E-state index is 11.4. The molecular formula is C10H16N2O2S. The molecular weight excluding hydrogens is 212 g/mol. The van der Waals surface area contributed by atoms with E-state index in [1.165, 1.54) is 5.56 Å². The minimum absolute atomic E-state index is 0.0439. The van der Waals surface area contributed by atoms with E-state index < -0.39 is 9.84 Å². The van der Waals surface area contributed by atoms with Crippen LogP contribution in [0.4, 0.5) is 0 Å². The van der Waals surface area contributed by atoms with Crippen molar-refractivity contribution in [2.45, 2.75) is 33.2 Å². The van der Waals surface area contributed by atoms with Crippen molar-refractivity contribution >= 4 is 9.84 Å². The Morgan fingerprint density at radius 2 is 2.00 bits per heavy atom. The molecule has 1 aliphatic heterocycles. The number of aromatic nitrogens is 2. The number of hydrogen-bond acceptors (Lipinski definition) is 3. The summed E-state index contributed by atoms with van der Waals surface area (Å²) in [4.78, 5) is 0. The number of hydrogen-bond donors (Lipinski definition) is 0. The topological polar surface area (TPSA) is 52.0 Å². The minimum atomic E-state index is -2.82. The van der Waals surface area contributed by atoms with Gasteiger partial charge in [0.1, 0.15) is 0 Å². The van der Waals surface area contributed by atoms with Crippen LogP contribution >= 0.6 is 0 Å². The number of aryl methyl sites for hydroxylation is 1. The van der Waals surface area contributed by atoms with Gasteiger partial charge in [-0.2, -0.15) is 5.10 Å². The quantitative estimate of drug-likeness (QED) is 0.725. The fraction of sp³-hybridized carbons (Fsp3) is 0.700. The molecule has 1 aromatic heterocycles. The van der Waals surface area contributed by atoms with Crippen LogP contribution in [-0.2, 0) is 9.84 Å². The molecule has 2 rings (SSSR count). The Kier molecular flexibility index (Phi) is 2.37. The highest BCUT2D eigenvalue weighted by atomic mass is 32.2. The molecule has 0 aliphatic carbocycles. The van der Waals surface area contributed by atoms with E-state index in [9.17, 15) is 8.42 Å². The summed E-state index contributed by atoms with van der Waals surface area (Å²) >= 11 is 0. The van der Waals surface area contributed by atoms with Crippen molar-refractivity contribution in [1.82, 2.24) is 9.78 Å². The third-order valence-corrected chi connectivity index (χ3v) is 4.99. The molecule has 4 nitrogen and oxygen atoms in total. The van der Waals surface area contributed by atoms with E-state index >= 15 is 0 Å². The minimum Gasteiger partial charge on any atom is -0.265 e. The molecule has 1 fully saturated rings. The largest absolute Gasteiger partial charge is 0.265 e. The van der Waals surface area contributed by atoms with Crippen LogP contribution in [0.2, 0.25) is 0 Å². The summed E-state index contributed by atoms with van der Waals surface area (Å²) in [6, 6.07) is 0.0439. The summed E-state index contributed by atoms with van der Waals surface area (Å²) in [6.45, 7) is 5.99. The van der Waals surface area contributed by atoms with E-state index in [2.05, 4.69) is 5.10 Å². The van der Waals surface area contributed by atoms with Gasteiger partial charge in [-0.05, 0) is 32.8 Å². The molecule has 2 heterocycles. The highest BCUT2D eigenvalue weighted by Crippen LogP contribution is 2.26. The van der Waals surface area contributed by atoms with Crippen molar-refractivity contribution in [1.29, 1.82) is 0 Å². The van der Waals surface area contributed by atoms with Gasteiger partial charge < -0.3 is 0 Å². The van der Waals surface area contributed by atoms with Crippen LogP contribution in [0.5, 0.6) is 0 Å². The Hall–Kier alpha value is -0.840. The first-order valence-corrected chi connectivity index (χ1v) is 6.95. The molecule has 0 spiro atoms. The van der Waals surface area contributed by atoms with Gasteiger partial charge >= 0.3 is 0 Å². The van der Waals surface area contributed by atoms with E-state index in [-0.39, 0.29) is 11.8 Å². The first-order chi connectivity index (χ1) is 6.91. The normalized spacial score (nSPS) is 24.6. The number of sulfone groups is 1. The summed E-state index contributed by atoms with van der Waals surface area (Å²) in [7, 11) is -2.82. The summed E-state index contributed by atoms with van der Waals surface area (Å²) in [5.74, 6) is 0.545. The Morgan fingerprint density at radius 3 is 2.40 bits per heavy atom. The SMILES string of the molecule is Cc1nn([C@H]2CCS(=O)(=O)C2)c(C)c1C. The lowest BCUT2D eigenvalue weighted by molar-refractivity contribution is 0.485. The van der Waals surface area contributed by atoms with Crippen LogP contribution in [0.1, 0.15) is 29.4 Å². The van der Waals surface area contributed by atoms with Crippen molar-refractivity contribution in [2.24, 2.45) is 0 Å². The van der Waals surface area contributed by atoms with Crippen LogP contribution < -0.4 is 0 Å². The zero-order valence-corrected chi connectivity index (χ0v) is 10.1. The van der Waals surface area contributed by atoms with Crippen LogP contribution in [0, 0.1) is 20.8 Å². The fourth-order valence-corrected chi connectivity index (χ4v) is 3.76. The van der Waals surface area contributed by atoms with Gasteiger partial charge in [0.25, 0.3) is 0 Å². The van der Waals surface area contributed by atoms with E-state index in [1.54, 1.807) is 0 Å². The summed E-state index contributed by atoms with van der Waals surface area (Å²) in [6.07, 6.45) is 0.698. The average molecular weight is 228 g/mol. The molecule has 1 aromatic rings. The van der Waals surface area contributed by atoms with Crippen LogP contribution in [0.3, 0.4) is 0 Å². The molecule has 0 unspecified atom stereocenters. The lowest BCUT2D eigenvalue weighted by atomic mass is 10.2. The van der Waals surface area contributed by atoms with Gasteiger partial charge in [-0.15, -0.1) is 0 Å². The molecule has 0 radical (unpaired) electrons. The molecule has 0 N–H and O–H groups in total. The summed E-state index contributed by atoms with van der Waals surface area (Å²) in [5, 5.41) is 4.41. The molecule has 1 atom stereocenters. The second-order valence-electron chi connectivity index (χ2n) is 4.30. The van der Waals surface area contributed by atoms with E-state index in [0.29, 0.717) is 12.2 Å². The van der Waals surface area contributed by atoms with Crippen molar-refractivity contribution in [3.63, 3.8) is 0 Å². The molecule has 15 heavy (non-hydrogen) atoms. The average Bonchev–Trinajstić information content (AvgIpc) is 2.62. The Morgan fingerprint density at radius 1 is 1.33 bits per heavy atom. The predicted octanol–water partition coefficient (Wildman–Crippen LogP) is 1.17. The second kappa shape index (κ2) is 3.33. The zero-order valence-electron chi connectivity index (χ0n) is 9.32. The second-order valence-corrected chi connectivity index (χ2v) is 6.53. The molecule has 0 bridgehead atoms. The van der Waals surface area contributed by atoms with E-state index in [4.69, 9.17) is 0 Å². The Bertz CT molecular complexity index is 488. The van der Waals surface area contributed by atoms with Crippen molar-refractivity contribution in [3.8, 4) is 0 Å².